The molecule has 1 saturated carbocycles. The van der Waals surface area contributed by atoms with E-state index in [-0.39, 0.29) is 29.3 Å². The van der Waals surface area contributed by atoms with Gasteiger partial charge >= 0.3 is 0 Å². The monoisotopic (exact) mass is 408 g/mol. The molecule has 1 aliphatic carbocycles. The molecule has 1 amide bonds. The maximum Gasteiger partial charge on any atom is 0.243 e. The highest BCUT2D eigenvalue weighted by Crippen LogP contribution is 2.26. The predicted octanol–water partition coefficient (Wildman–Crippen LogP) is 3.33. The highest BCUT2D eigenvalue weighted by atomic mass is 32.2. The first-order chi connectivity index (χ1) is 13.5. The second kappa shape index (κ2) is 9.74. The summed E-state index contributed by atoms with van der Waals surface area (Å²) in [6.07, 6.45) is 8.32. The second-order valence-corrected chi connectivity index (χ2v) is 9.74. The molecule has 3 rings (SSSR count). The third-order valence-corrected chi connectivity index (χ3v) is 7.61. The molecule has 6 nitrogen and oxygen atoms in total. The van der Waals surface area contributed by atoms with Gasteiger partial charge < -0.3 is 10.1 Å². The zero-order valence-corrected chi connectivity index (χ0v) is 17.5. The fourth-order valence-corrected chi connectivity index (χ4v) is 5.66. The number of piperidine rings is 1. The first-order valence-electron chi connectivity index (χ1n) is 10.5. The number of sulfonamides is 1. The van der Waals surface area contributed by atoms with Crippen LogP contribution in [0.1, 0.15) is 58.3 Å². The van der Waals surface area contributed by atoms with Gasteiger partial charge in [0.05, 0.1) is 17.4 Å². The largest absolute Gasteiger partial charge is 0.494 e. The first kappa shape index (κ1) is 21.1. The van der Waals surface area contributed by atoms with E-state index in [9.17, 15) is 13.2 Å². The molecule has 1 heterocycles. The molecule has 7 heteroatoms. The molecule has 1 atom stereocenters. The second-order valence-electron chi connectivity index (χ2n) is 7.80. The molecule has 156 valence electrons. The third-order valence-electron chi connectivity index (χ3n) is 5.73. The number of carbonyl (C=O) groups is 1. The van der Waals surface area contributed by atoms with Crippen LogP contribution in [0.25, 0.3) is 0 Å². The minimum Gasteiger partial charge on any atom is -0.494 e. The van der Waals surface area contributed by atoms with Crippen molar-refractivity contribution in [2.24, 2.45) is 5.92 Å². The van der Waals surface area contributed by atoms with Crippen molar-refractivity contribution in [3.63, 3.8) is 0 Å². The maximum atomic E-state index is 13.0. The summed E-state index contributed by atoms with van der Waals surface area (Å²) in [5.74, 6) is 0.397. The van der Waals surface area contributed by atoms with Crippen LogP contribution >= 0.6 is 0 Å². The molecular formula is C21H32N2O4S. The molecule has 1 N–H and O–H groups in total. The molecule has 1 aromatic carbocycles. The summed E-state index contributed by atoms with van der Waals surface area (Å²) in [4.78, 5) is 13.0. The lowest BCUT2D eigenvalue weighted by molar-refractivity contribution is -0.126. The highest BCUT2D eigenvalue weighted by molar-refractivity contribution is 7.89. The standard InChI is InChI=1S/C21H32N2O4S/c1-2-27-19-11-13-20(14-12-19)28(25,26)23-15-7-8-17(16-23)21(24)22-18-9-5-3-4-6-10-18/h11-14,17-18H,2-10,15-16H2,1H3,(H,22,24)/t17-/m1/s1. The minimum absolute atomic E-state index is 0.0125. The van der Waals surface area contributed by atoms with E-state index in [1.54, 1.807) is 24.3 Å². The Kier molecular flexibility index (Phi) is 7.35. The van der Waals surface area contributed by atoms with Gasteiger partial charge in [0.1, 0.15) is 5.75 Å². The predicted molar refractivity (Wildman–Crippen MR) is 109 cm³/mol. The van der Waals surface area contributed by atoms with Gasteiger partial charge in [-0.1, -0.05) is 25.7 Å². The fraction of sp³-hybridized carbons (Fsp3) is 0.667. The van der Waals surface area contributed by atoms with Crippen LogP contribution in [0.2, 0.25) is 0 Å². The Bertz CT molecular complexity index is 740. The van der Waals surface area contributed by atoms with Crippen molar-refractivity contribution >= 4 is 15.9 Å². The van der Waals surface area contributed by atoms with Crippen molar-refractivity contribution in [2.75, 3.05) is 19.7 Å². The number of ether oxygens (including phenoxy) is 1. The number of amides is 1. The lowest BCUT2D eigenvalue weighted by Crippen LogP contribution is -2.47. The number of nitrogens with zero attached hydrogens (tertiary/aromatic N) is 1. The summed E-state index contributed by atoms with van der Waals surface area (Å²) in [5, 5.41) is 3.18. The van der Waals surface area contributed by atoms with Crippen LogP contribution in [0.5, 0.6) is 5.75 Å². The molecule has 1 aromatic rings. The highest BCUT2D eigenvalue weighted by Gasteiger charge is 2.34. The summed E-state index contributed by atoms with van der Waals surface area (Å²) in [6, 6.07) is 6.76. The van der Waals surface area contributed by atoms with Gasteiger partial charge in [-0.2, -0.15) is 4.31 Å². The van der Waals surface area contributed by atoms with Gasteiger partial charge in [0, 0.05) is 19.1 Å². The molecule has 2 fully saturated rings. The zero-order chi connectivity index (χ0) is 20.0. The van der Waals surface area contributed by atoms with Crippen LogP contribution in [0.4, 0.5) is 0 Å². The minimum atomic E-state index is -3.60. The Morgan fingerprint density at radius 2 is 1.75 bits per heavy atom. The average Bonchev–Trinajstić information content (AvgIpc) is 2.97. The lowest BCUT2D eigenvalue weighted by Gasteiger charge is -2.32. The smallest absolute Gasteiger partial charge is 0.243 e. The van der Waals surface area contributed by atoms with Crippen molar-refractivity contribution < 1.29 is 17.9 Å². The topological polar surface area (TPSA) is 75.7 Å². The van der Waals surface area contributed by atoms with Crippen molar-refractivity contribution in [1.82, 2.24) is 9.62 Å². The quantitative estimate of drug-likeness (QED) is 0.733. The first-order valence-corrected chi connectivity index (χ1v) is 12.0. The molecule has 0 unspecified atom stereocenters. The molecule has 1 aliphatic heterocycles. The summed E-state index contributed by atoms with van der Waals surface area (Å²) in [7, 11) is -3.60. The Morgan fingerprint density at radius 1 is 1.07 bits per heavy atom. The number of benzene rings is 1. The van der Waals surface area contributed by atoms with Crippen LogP contribution in [-0.4, -0.2) is 44.4 Å². The van der Waals surface area contributed by atoms with Crippen molar-refractivity contribution in [2.45, 2.75) is 69.2 Å². The van der Waals surface area contributed by atoms with E-state index < -0.39 is 10.0 Å². The Hall–Kier alpha value is -1.60. The molecular weight excluding hydrogens is 376 g/mol. The van der Waals surface area contributed by atoms with Crippen molar-refractivity contribution in [3.8, 4) is 5.75 Å². The van der Waals surface area contributed by atoms with Crippen molar-refractivity contribution in [3.05, 3.63) is 24.3 Å². The van der Waals surface area contributed by atoms with E-state index in [1.807, 2.05) is 6.92 Å². The molecule has 0 aromatic heterocycles. The zero-order valence-electron chi connectivity index (χ0n) is 16.7. The number of nitrogens with one attached hydrogen (secondary N) is 1. The van der Waals surface area contributed by atoms with Gasteiger partial charge in [-0.3, -0.25) is 4.79 Å². The lowest BCUT2D eigenvalue weighted by atomic mass is 9.97. The third kappa shape index (κ3) is 5.26. The van der Waals surface area contributed by atoms with E-state index in [0.29, 0.717) is 25.3 Å². The van der Waals surface area contributed by atoms with Crippen LogP contribution in [0.15, 0.2) is 29.2 Å². The average molecular weight is 409 g/mol. The van der Waals surface area contributed by atoms with E-state index in [4.69, 9.17) is 4.74 Å². The van der Waals surface area contributed by atoms with Gasteiger partial charge in [-0.25, -0.2) is 8.42 Å². The maximum absolute atomic E-state index is 13.0. The molecule has 0 radical (unpaired) electrons. The number of carbonyl (C=O) groups excluding carboxylic acids is 1. The SMILES string of the molecule is CCOc1ccc(S(=O)(=O)N2CCC[C@@H](C(=O)NC3CCCCCC3)C2)cc1. The number of rotatable bonds is 6. The van der Waals surface area contributed by atoms with E-state index in [1.165, 1.54) is 17.1 Å². The molecule has 0 spiro atoms. The molecule has 1 saturated heterocycles. The van der Waals surface area contributed by atoms with Gasteiger partial charge in [-0.05, 0) is 56.9 Å². The summed E-state index contributed by atoms with van der Waals surface area (Å²) >= 11 is 0. The van der Waals surface area contributed by atoms with Gasteiger partial charge in [0.15, 0.2) is 0 Å². The van der Waals surface area contributed by atoms with E-state index >= 15 is 0 Å². The van der Waals surface area contributed by atoms with Crippen LogP contribution in [-0.2, 0) is 14.8 Å². The van der Waals surface area contributed by atoms with E-state index in [2.05, 4.69) is 5.32 Å². The fourth-order valence-electron chi connectivity index (χ4n) is 4.14. The number of hydrogen-bond donors (Lipinski definition) is 1. The van der Waals surface area contributed by atoms with Crippen molar-refractivity contribution in [1.29, 1.82) is 0 Å². The van der Waals surface area contributed by atoms with Crippen LogP contribution in [0.3, 0.4) is 0 Å². The Morgan fingerprint density at radius 3 is 2.39 bits per heavy atom. The summed E-state index contributed by atoms with van der Waals surface area (Å²) in [5.41, 5.74) is 0. The Labute approximate surface area is 168 Å². The van der Waals surface area contributed by atoms with Crippen LogP contribution in [0, 0.1) is 5.92 Å². The Balaban J connectivity index is 1.63. The summed E-state index contributed by atoms with van der Waals surface area (Å²) in [6.45, 7) is 3.14. The molecule has 2 aliphatic rings. The van der Waals surface area contributed by atoms with Gasteiger partial charge in [0.2, 0.25) is 15.9 Å². The van der Waals surface area contributed by atoms with Crippen LogP contribution < -0.4 is 10.1 Å². The van der Waals surface area contributed by atoms with E-state index in [0.717, 1.165) is 32.1 Å². The van der Waals surface area contributed by atoms with Gasteiger partial charge in [-0.15, -0.1) is 0 Å². The summed E-state index contributed by atoms with van der Waals surface area (Å²) < 4.78 is 32.9. The molecule has 0 bridgehead atoms. The van der Waals surface area contributed by atoms with Gasteiger partial charge in [0.25, 0.3) is 0 Å². The number of hydrogen-bond acceptors (Lipinski definition) is 4. The normalized spacial score (nSPS) is 22.4. The molecule has 28 heavy (non-hydrogen) atoms.